The molecule has 1 N–H and O–H groups in total. The summed E-state index contributed by atoms with van der Waals surface area (Å²) in [5.41, 5.74) is 4.94. The molecule has 3 aromatic carbocycles. The molecule has 1 amide bonds. The summed E-state index contributed by atoms with van der Waals surface area (Å²) in [4.78, 5) is 29.0. The second-order valence-electron chi connectivity index (χ2n) is 8.22. The van der Waals surface area contributed by atoms with Gasteiger partial charge in [-0.15, -0.1) is 0 Å². The smallest absolute Gasteiger partial charge is 0.308 e. The predicted octanol–water partition coefficient (Wildman–Crippen LogP) is 6.57. The van der Waals surface area contributed by atoms with Crippen molar-refractivity contribution in [2.24, 2.45) is 0 Å². The first-order valence-corrected chi connectivity index (χ1v) is 12.2. The molecule has 7 nitrogen and oxygen atoms in total. The van der Waals surface area contributed by atoms with E-state index in [1.807, 2.05) is 43.3 Å². The van der Waals surface area contributed by atoms with Gasteiger partial charge in [0.1, 0.15) is 0 Å². The Bertz CT molecular complexity index is 1510. The minimum absolute atomic E-state index is 0.176. The maximum absolute atomic E-state index is 13.0. The van der Waals surface area contributed by atoms with Crippen molar-refractivity contribution in [3.63, 3.8) is 0 Å². The minimum atomic E-state index is -0.501. The van der Waals surface area contributed by atoms with E-state index < -0.39 is 5.97 Å². The minimum Gasteiger partial charge on any atom is -0.493 e. The number of aryl methyl sites for hydroxylation is 1. The zero-order chi connectivity index (χ0) is 26.5. The number of halogens is 1. The Hall–Kier alpha value is -4.17. The quantitative estimate of drug-likeness (QED) is 0.156. The summed E-state index contributed by atoms with van der Waals surface area (Å²) in [5, 5.41) is 3.91. The van der Waals surface area contributed by atoms with Crippen molar-refractivity contribution < 1.29 is 23.8 Å². The first-order valence-electron chi connectivity index (χ1n) is 11.4. The van der Waals surface area contributed by atoms with E-state index in [2.05, 4.69) is 32.3 Å². The lowest BCUT2D eigenvalue weighted by molar-refractivity contribution is -0.132. The highest BCUT2D eigenvalue weighted by Gasteiger charge is 2.17. The summed E-state index contributed by atoms with van der Waals surface area (Å²) in [5.74, 6) is -0.0574. The fourth-order valence-corrected chi connectivity index (χ4v) is 4.43. The average Bonchev–Trinajstić information content (AvgIpc) is 2.88. The highest BCUT2D eigenvalue weighted by atomic mass is 79.9. The van der Waals surface area contributed by atoms with Crippen LogP contribution in [0.5, 0.6) is 17.2 Å². The van der Waals surface area contributed by atoms with Crippen LogP contribution in [0.15, 0.2) is 71.3 Å². The van der Waals surface area contributed by atoms with E-state index in [0.29, 0.717) is 22.7 Å². The number of benzene rings is 3. The van der Waals surface area contributed by atoms with Crippen molar-refractivity contribution in [1.82, 2.24) is 4.98 Å². The number of pyridine rings is 1. The number of anilines is 1. The Morgan fingerprint density at radius 1 is 1.00 bits per heavy atom. The van der Waals surface area contributed by atoms with Crippen LogP contribution in [0.25, 0.3) is 28.1 Å². The van der Waals surface area contributed by atoms with E-state index in [0.717, 1.165) is 32.1 Å². The molecule has 0 atom stereocenters. The summed E-state index contributed by atoms with van der Waals surface area (Å²) < 4.78 is 16.8. The van der Waals surface area contributed by atoms with Crippen LogP contribution in [-0.2, 0) is 9.59 Å². The van der Waals surface area contributed by atoms with Gasteiger partial charge in [-0.05, 0) is 54.5 Å². The number of esters is 1. The second kappa shape index (κ2) is 11.3. The van der Waals surface area contributed by atoms with Crippen LogP contribution in [-0.4, -0.2) is 31.1 Å². The van der Waals surface area contributed by atoms with Crippen LogP contribution in [0.1, 0.15) is 18.1 Å². The zero-order valence-electron chi connectivity index (χ0n) is 20.8. The molecule has 0 unspecified atom stereocenters. The number of ether oxygens (including phenoxy) is 3. The van der Waals surface area contributed by atoms with Gasteiger partial charge in [-0.1, -0.05) is 45.8 Å². The van der Waals surface area contributed by atoms with Gasteiger partial charge in [0.05, 0.1) is 31.6 Å². The van der Waals surface area contributed by atoms with Crippen molar-refractivity contribution in [2.75, 3.05) is 19.5 Å². The number of fused-ring (bicyclic) bond motifs is 1. The van der Waals surface area contributed by atoms with Crippen LogP contribution in [0.3, 0.4) is 0 Å². The Morgan fingerprint density at radius 2 is 1.70 bits per heavy atom. The van der Waals surface area contributed by atoms with Crippen molar-refractivity contribution in [3.8, 4) is 28.4 Å². The van der Waals surface area contributed by atoms with E-state index in [-0.39, 0.29) is 11.7 Å². The Kier molecular flexibility index (Phi) is 7.89. The average molecular weight is 561 g/mol. The van der Waals surface area contributed by atoms with Crippen LogP contribution in [0.2, 0.25) is 0 Å². The molecule has 0 aliphatic heterocycles. The van der Waals surface area contributed by atoms with Gasteiger partial charge in [-0.25, -0.2) is 0 Å². The predicted molar refractivity (Wildman–Crippen MR) is 148 cm³/mol. The molecule has 0 radical (unpaired) electrons. The maximum Gasteiger partial charge on any atom is 0.308 e. The van der Waals surface area contributed by atoms with Crippen LogP contribution in [0.4, 0.5) is 5.69 Å². The topological polar surface area (TPSA) is 86.8 Å². The molecule has 0 saturated heterocycles. The van der Waals surface area contributed by atoms with Gasteiger partial charge < -0.3 is 19.5 Å². The van der Waals surface area contributed by atoms with Crippen molar-refractivity contribution in [1.29, 1.82) is 0 Å². The number of amides is 1. The molecule has 188 valence electrons. The highest BCUT2D eigenvalue weighted by molar-refractivity contribution is 9.10. The van der Waals surface area contributed by atoms with Gasteiger partial charge in [-0.2, -0.15) is 0 Å². The van der Waals surface area contributed by atoms with Crippen molar-refractivity contribution in [3.05, 3.63) is 82.5 Å². The normalized spacial score (nSPS) is 10.9. The summed E-state index contributed by atoms with van der Waals surface area (Å²) in [7, 11) is 2.92. The van der Waals surface area contributed by atoms with Gasteiger partial charge in [0, 0.05) is 28.4 Å². The fraction of sp³-hybridized carbons (Fsp3) is 0.138. The first-order chi connectivity index (χ1) is 17.8. The molecule has 0 aliphatic rings. The Balaban J connectivity index is 1.70. The number of aromatic nitrogens is 1. The summed E-state index contributed by atoms with van der Waals surface area (Å²) >= 11 is 3.64. The van der Waals surface area contributed by atoms with Crippen LogP contribution < -0.4 is 19.5 Å². The molecular formula is C29H25BrN2O5. The van der Waals surface area contributed by atoms with Crippen LogP contribution in [0, 0.1) is 6.92 Å². The second-order valence-corrected chi connectivity index (χ2v) is 9.07. The molecule has 1 aromatic heterocycles. The summed E-state index contributed by atoms with van der Waals surface area (Å²) in [6, 6.07) is 17.2. The van der Waals surface area contributed by atoms with E-state index in [1.165, 1.54) is 27.2 Å². The number of rotatable bonds is 7. The lowest BCUT2D eigenvalue weighted by Gasteiger charge is -2.15. The summed E-state index contributed by atoms with van der Waals surface area (Å²) in [6.45, 7) is 3.31. The van der Waals surface area contributed by atoms with Crippen molar-refractivity contribution in [2.45, 2.75) is 13.8 Å². The number of nitrogens with one attached hydrogen (secondary N) is 1. The lowest BCUT2D eigenvalue weighted by atomic mass is 9.98. The number of hydrogen-bond acceptors (Lipinski definition) is 6. The van der Waals surface area contributed by atoms with Gasteiger partial charge >= 0.3 is 5.97 Å². The third kappa shape index (κ3) is 5.81. The van der Waals surface area contributed by atoms with E-state index in [4.69, 9.17) is 14.2 Å². The number of carbonyl (C=O) groups is 2. The fourth-order valence-electron chi connectivity index (χ4n) is 3.94. The molecule has 0 saturated carbocycles. The molecule has 4 rings (SSSR count). The van der Waals surface area contributed by atoms with E-state index in [9.17, 15) is 9.59 Å². The molecule has 8 heteroatoms. The third-order valence-electron chi connectivity index (χ3n) is 5.58. The largest absolute Gasteiger partial charge is 0.493 e. The SMILES string of the molecule is COc1cc(/C=C/C(=O)Nc2cnc3ccc(C)cc3c2-c2ccccc2Br)cc(OC)c1OC(C)=O. The van der Waals surface area contributed by atoms with Gasteiger partial charge in [0.2, 0.25) is 11.7 Å². The molecule has 4 aromatic rings. The zero-order valence-corrected chi connectivity index (χ0v) is 22.4. The Labute approximate surface area is 223 Å². The molecule has 0 aliphatic carbocycles. The van der Waals surface area contributed by atoms with Gasteiger partial charge in [-0.3, -0.25) is 14.6 Å². The molecule has 0 bridgehead atoms. The summed E-state index contributed by atoms with van der Waals surface area (Å²) in [6.07, 6.45) is 4.69. The van der Waals surface area contributed by atoms with E-state index in [1.54, 1.807) is 24.4 Å². The Morgan fingerprint density at radius 3 is 2.35 bits per heavy atom. The van der Waals surface area contributed by atoms with Gasteiger partial charge in [0.25, 0.3) is 0 Å². The third-order valence-corrected chi connectivity index (χ3v) is 6.27. The number of carbonyl (C=O) groups excluding carboxylic acids is 2. The standard InChI is InChI=1S/C29H25BrN2O5/c1-17-9-11-23-21(13-17)28(20-7-5-6-8-22(20)30)24(16-31-23)32-27(34)12-10-19-14-25(35-3)29(37-18(2)33)26(15-19)36-4/h5-16H,1-4H3,(H,32,34)/b12-10+. The first kappa shape index (κ1) is 25.9. The van der Waals surface area contributed by atoms with Crippen molar-refractivity contribution >= 4 is 50.5 Å². The van der Waals surface area contributed by atoms with E-state index >= 15 is 0 Å². The lowest BCUT2D eigenvalue weighted by Crippen LogP contribution is -2.10. The molecule has 1 heterocycles. The van der Waals surface area contributed by atoms with Crippen LogP contribution >= 0.6 is 15.9 Å². The molecule has 37 heavy (non-hydrogen) atoms. The molecule has 0 spiro atoms. The highest BCUT2D eigenvalue weighted by Crippen LogP contribution is 2.40. The number of methoxy groups -OCH3 is 2. The molecular weight excluding hydrogens is 536 g/mol. The monoisotopic (exact) mass is 560 g/mol. The maximum atomic E-state index is 13.0. The molecule has 0 fully saturated rings. The number of nitrogens with zero attached hydrogens (tertiary/aromatic N) is 1. The number of hydrogen-bond donors (Lipinski definition) is 1. The van der Waals surface area contributed by atoms with Gasteiger partial charge in [0.15, 0.2) is 11.5 Å².